The van der Waals surface area contributed by atoms with E-state index < -0.39 is 0 Å². The standard InChI is InChI=1S/C9H17NOS2/c1-9(11)13-6-2-3-10-4-7-12-8-5-10/h2-8H2,1H3. The summed E-state index contributed by atoms with van der Waals surface area (Å²) in [5.74, 6) is 3.54. The minimum atomic E-state index is 0.245. The Morgan fingerprint density at radius 2 is 2.15 bits per heavy atom. The first-order valence-corrected chi connectivity index (χ1v) is 6.86. The van der Waals surface area contributed by atoms with Crippen molar-refractivity contribution in [2.75, 3.05) is 36.9 Å². The summed E-state index contributed by atoms with van der Waals surface area (Å²) in [6.45, 7) is 5.27. The summed E-state index contributed by atoms with van der Waals surface area (Å²) in [6.07, 6.45) is 1.15. The van der Waals surface area contributed by atoms with Gasteiger partial charge in [-0.1, -0.05) is 11.8 Å². The van der Waals surface area contributed by atoms with E-state index in [0.29, 0.717) is 0 Å². The molecule has 13 heavy (non-hydrogen) atoms. The molecule has 0 aliphatic carbocycles. The molecule has 0 saturated carbocycles. The molecule has 76 valence electrons. The van der Waals surface area contributed by atoms with E-state index in [9.17, 15) is 4.79 Å². The van der Waals surface area contributed by atoms with Crippen LogP contribution in [0, 0.1) is 0 Å². The van der Waals surface area contributed by atoms with Gasteiger partial charge in [-0.2, -0.15) is 11.8 Å². The highest BCUT2D eigenvalue weighted by atomic mass is 32.2. The minimum Gasteiger partial charge on any atom is -0.302 e. The molecular weight excluding hydrogens is 202 g/mol. The Kier molecular flexibility index (Phi) is 5.91. The van der Waals surface area contributed by atoms with Gasteiger partial charge in [0.2, 0.25) is 0 Å². The average molecular weight is 219 g/mol. The molecule has 0 radical (unpaired) electrons. The summed E-state index contributed by atoms with van der Waals surface area (Å²) < 4.78 is 0. The second kappa shape index (κ2) is 6.74. The van der Waals surface area contributed by atoms with Crippen molar-refractivity contribution in [3.8, 4) is 0 Å². The van der Waals surface area contributed by atoms with Gasteiger partial charge in [-0.3, -0.25) is 4.79 Å². The fraction of sp³-hybridized carbons (Fsp3) is 0.889. The lowest BCUT2D eigenvalue weighted by Crippen LogP contribution is -2.33. The lowest BCUT2D eigenvalue weighted by Gasteiger charge is -2.25. The van der Waals surface area contributed by atoms with E-state index in [2.05, 4.69) is 4.90 Å². The van der Waals surface area contributed by atoms with Crippen LogP contribution in [0.4, 0.5) is 0 Å². The van der Waals surface area contributed by atoms with Crippen molar-refractivity contribution >= 4 is 28.6 Å². The molecule has 2 nitrogen and oxygen atoms in total. The zero-order valence-corrected chi connectivity index (χ0v) is 9.75. The predicted molar refractivity (Wildman–Crippen MR) is 61.5 cm³/mol. The number of rotatable bonds is 4. The van der Waals surface area contributed by atoms with Crippen molar-refractivity contribution in [1.82, 2.24) is 4.90 Å². The first kappa shape index (κ1) is 11.4. The number of nitrogens with zero attached hydrogens (tertiary/aromatic N) is 1. The third-order valence-corrected chi connectivity index (χ3v) is 3.87. The molecule has 4 heteroatoms. The number of hydrogen-bond acceptors (Lipinski definition) is 4. The highest BCUT2D eigenvalue weighted by Crippen LogP contribution is 2.10. The Balaban J connectivity index is 1.95. The Morgan fingerprint density at radius 3 is 2.77 bits per heavy atom. The third-order valence-electron chi connectivity index (χ3n) is 2.03. The molecule has 0 bridgehead atoms. The number of thioether (sulfide) groups is 2. The van der Waals surface area contributed by atoms with Crippen LogP contribution >= 0.6 is 23.5 Å². The van der Waals surface area contributed by atoms with Crippen molar-refractivity contribution in [1.29, 1.82) is 0 Å². The number of carbonyl (C=O) groups excluding carboxylic acids is 1. The molecule has 1 aliphatic heterocycles. The van der Waals surface area contributed by atoms with Gasteiger partial charge < -0.3 is 4.90 Å². The van der Waals surface area contributed by atoms with Crippen LogP contribution in [-0.2, 0) is 4.79 Å². The molecule has 0 N–H and O–H groups in total. The smallest absolute Gasteiger partial charge is 0.185 e. The molecule has 0 aromatic heterocycles. The normalized spacial score (nSPS) is 18.8. The van der Waals surface area contributed by atoms with Crippen LogP contribution in [0.3, 0.4) is 0 Å². The van der Waals surface area contributed by atoms with Crippen molar-refractivity contribution in [2.45, 2.75) is 13.3 Å². The molecule has 1 fully saturated rings. The zero-order chi connectivity index (χ0) is 9.52. The van der Waals surface area contributed by atoms with Crippen LogP contribution in [0.25, 0.3) is 0 Å². The maximum atomic E-state index is 10.6. The topological polar surface area (TPSA) is 20.3 Å². The van der Waals surface area contributed by atoms with E-state index in [1.807, 2.05) is 11.8 Å². The van der Waals surface area contributed by atoms with Gasteiger partial charge in [0.1, 0.15) is 0 Å². The predicted octanol–water partition coefficient (Wildman–Crippen LogP) is 1.71. The van der Waals surface area contributed by atoms with Gasteiger partial charge in [0.15, 0.2) is 5.12 Å². The largest absolute Gasteiger partial charge is 0.302 e. The summed E-state index contributed by atoms with van der Waals surface area (Å²) in [7, 11) is 0. The SMILES string of the molecule is CC(=O)SCCCN1CCSCC1. The minimum absolute atomic E-state index is 0.245. The van der Waals surface area contributed by atoms with Gasteiger partial charge in [-0.05, 0) is 13.0 Å². The third kappa shape index (κ3) is 5.60. The zero-order valence-electron chi connectivity index (χ0n) is 8.12. The van der Waals surface area contributed by atoms with Gasteiger partial charge in [0.05, 0.1) is 0 Å². The lowest BCUT2D eigenvalue weighted by atomic mass is 10.4. The molecule has 0 unspecified atom stereocenters. The van der Waals surface area contributed by atoms with Crippen molar-refractivity contribution in [3.05, 3.63) is 0 Å². The molecule has 0 amide bonds. The molecule has 0 aromatic rings. The second-order valence-corrected chi connectivity index (χ2v) is 5.64. The fourth-order valence-electron chi connectivity index (χ4n) is 1.33. The Morgan fingerprint density at radius 1 is 1.46 bits per heavy atom. The van der Waals surface area contributed by atoms with E-state index in [-0.39, 0.29) is 5.12 Å². The molecule has 1 heterocycles. The van der Waals surface area contributed by atoms with Crippen LogP contribution in [0.2, 0.25) is 0 Å². The average Bonchev–Trinajstić information content (AvgIpc) is 2.14. The van der Waals surface area contributed by atoms with Crippen molar-refractivity contribution in [3.63, 3.8) is 0 Å². The molecule has 0 atom stereocenters. The van der Waals surface area contributed by atoms with Gasteiger partial charge in [0, 0.05) is 37.3 Å². The van der Waals surface area contributed by atoms with Gasteiger partial charge in [0.25, 0.3) is 0 Å². The van der Waals surface area contributed by atoms with Gasteiger partial charge in [-0.15, -0.1) is 0 Å². The number of hydrogen-bond donors (Lipinski definition) is 0. The van der Waals surface area contributed by atoms with E-state index in [0.717, 1.165) is 12.2 Å². The maximum Gasteiger partial charge on any atom is 0.185 e. The van der Waals surface area contributed by atoms with Gasteiger partial charge in [-0.25, -0.2) is 0 Å². The van der Waals surface area contributed by atoms with Crippen molar-refractivity contribution in [2.24, 2.45) is 0 Å². The van der Waals surface area contributed by atoms with Crippen molar-refractivity contribution < 1.29 is 4.79 Å². The fourth-order valence-corrected chi connectivity index (χ4v) is 2.87. The van der Waals surface area contributed by atoms with Gasteiger partial charge >= 0.3 is 0 Å². The van der Waals surface area contributed by atoms with Crippen LogP contribution in [0.15, 0.2) is 0 Å². The van der Waals surface area contributed by atoms with Crippen LogP contribution in [-0.4, -0.2) is 46.9 Å². The summed E-state index contributed by atoms with van der Waals surface area (Å²) in [4.78, 5) is 13.1. The summed E-state index contributed by atoms with van der Waals surface area (Å²) >= 11 is 3.49. The molecular formula is C9H17NOS2. The van der Waals surface area contributed by atoms with E-state index in [1.165, 1.54) is 42.9 Å². The van der Waals surface area contributed by atoms with Crippen LogP contribution in [0.5, 0.6) is 0 Å². The molecule has 1 aliphatic rings. The summed E-state index contributed by atoms with van der Waals surface area (Å²) in [5, 5.41) is 0.245. The maximum absolute atomic E-state index is 10.6. The molecule has 1 rings (SSSR count). The Bertz CT molecular complexity index is 158. The van der Waals surface area contributed by atoms with E-state index in [1.54, 1.807) is 6.92 Å². The monoisotopic (exact) mass is 219 g/mol. The highest BCUT2D eigenvalue weighted by Gasteiger charge is 2.09. The second-order valence-electron chi connectivity index (χ2n) is 3.15. The highest BCUT2D eigenvalue weighted by molar-refractivity contribution is 8.13. The molecule has 0 aromatic carbocycles. The summed E-state index contributed by atoms with van der Waals surface area (Å²) in [6, 6.07) is 0. The van der Waals surface area contributed by atoms with Crippen LogP contribution in [0.1, 0.15) is 13.3 Å². The molecule has 0 spiro atoms. The quantitative estimate of drug-likeness (QED) is 0.670. The van der Waals surface area contributed by atoms with E-state index in [4.69, 9.17) is 0 Å². The summed E-state index contributed by atoms with van der Waals surface area (Å²) in [5.41, 5.74) is 0. The van der Waals surface area contributed by atoms with Crippen LogP contribution < -0.4 is 0 Å². The Hall–Kier alpha value is 0.330. The number of carbonyl (C=O) groups is 1. The van der Waals surface area contributed by atoms with E-state index >= 15 is 0 Å². The lowest BCUT2D eigenvalue weighted by molar-refractivity contribution is -0.109. The first-order chi connectivity index (χ1) is 6.29. The molecule has 1 saturated heterocycles. The Labute approximate surface area is 88.8 Å². The first-order valence-electron chi connectivity index (χ1n) is 4.72.